The van der Waals surface area contributed by atoms with Gasteiger partial charge in [-0.25, -0.2) is 4.79 Å². The van der Waals surface area contributed by atoms with Crippen LogP contribution in [-0.2, 0) is 0 Å². The van der Waals surface area contributed by atoms with Gasteiger partial charge in [0.25, 0.3) is 5.91 Å². The van der Waals surface area contributed by atoms with Gasteiger partial charge in [0.1, 0.15) is 0 Å². The smallest absolute Gasteiger partial charge is 0.317 e. The monoisotopic (exact) mass is 263 g/mol. The maximum Gasteiger partial charge on any atom is 0.317 e. The van der Waals surface area contributed by atoms with E-state index in [1.165, 1.54) is 6.26 Å². The molecule has 1 aromatic rings. The van der Waals surface area contributed by atoms with E-state index in [1.807, 2.05) is 0 Å². The number of furan rings is 1. The molecule has 0 aromatic carbocycles. The van der Waals surface area contributed by atoms with Gasteiger partial charge in [0.15, 0.2) is 5.76 Å². The molecule has 0 radical (unpaired) electrons. The van der Waals surface area contributed by atoms with Crippen LogP contribution in [-0.4, -0.2) is 54.0 Å². The Balaban J connectivity index is 1.51. The highest BCUT2D eigenvalue weighted by Crippen LogP contribution is 2.19. The van der Waals surface area contributed by atoms with E-state index in [9.17, 15) is 9.59 Å². The molecule has 6 nitrogen and oxygen atoms in total. The maximum atomic E-state index is 12.0. The third kappa shape index (κ3) is 2.72. The summed E-state index contributed by atoms with van der Waals surface area (Å²) in [6.45, 7) is 2.26. The van der Waals surface area contributed by atoms with Crippen molar-refractivity contribution in [3.8, 4) is 0 Å². The lowest BCUT2D eigenvalue weighted by Crippen LogP contribution is -2.53. The first kappa shape index (κ1) is 12.1. The molecule has 1 aromatic heterocycles. The summed E-state index contributed by atoms with van der Waals surface area (Å²) in [5.41, 5.74) is 0. The summed E-state index contributed by atoms with van der Waals surface area (Å²) in [4.78, 5) is 27.4. The molecule has 6 heteroatoms. The number of hydrogen-bond acceptors (Lipinski definition) is 3. The highest BCUT2D eigenvalue weighted by molar-refractivity contribution is 5.91. The Morgan fingerprint density at radius 2 is 1.84 bits per heavy atom. The minimum atomic E-state index is -0.104. The van der Waals surface area contributed by atoms with E-state index in [-0.39, 0.29) is 11.9 Å². The zero-order chi connectivity index (χ0) is 13.2. The van der Waals surface area contributed by atoms with Crippen LogP contribution >= 0.6 is 0 Å². The van der Waals surface area contributed by atoms with Gasteiger partial charge in [-0.1, -0.05) is 0 Å². The molecule has 2 heterocycles. The predicted molar refractivity (Wildman–Crippen MR) is 67.7 cm³/mol. The summed E-state index contributed by atoms with van der Waals surface area (Å²) < 4.78 is 5.10. The topological polar surface area (TPSA) is 65.8 Å². The van der Waals surface area contributed by atoms with E-state index in [2.05, 4.69) is 5.32 Å². The van der Waals surface area contributed by atoms with E-state index in [4.69, 9.17) is 4.42 Å². The zero-order valence-electron chi connectivity index (χ0n) is 10.7. The average molecular weight is 263 g/mol. The number of urea groups is 1. The summed E-state index contributed by atoms with van der Waals surface area (Å²) in [6.07, 6.45) is 3.66. The van der Waals surface area contributed by atoms with Crippen molar-refractivity contribution in [2.75, 3.05) is 26.2 Å². The quantitative estimate of drug-likeness (QED) is 0.862. The molecular weight excluding hydrogens is 246 g/mol. The first-order chi connectivity index (χ1) is 9.24. The van der Waals surface area contributed by atoms with Crippen LogP contribution in [0, 0.1) is 0 Å². The molecule has 1 aliphatic carbocycles. The SMILES string of the molecule is O=C(NC1CC1)N1CCN(C(=O)c2ccco2)CC1. The van der Waals surface area contributed by atoms with E-state index in [0.29, 0.717) is 38.0 Å². The van der Waals surface area contributed by atoms with Crippen LogP contribution in [0.15, 0.2) is 22.8 Å². The number of carbonyl (C=O) groups is 2. The van der Waals surface area contributed by atoms with Gasteiger partial charge in [0.2, 0.25) is 0 Å². The highest BCUT2D eigenvalue weighted by Gasteiger charge is 2.29. The van der Waals surface area contributed by atoms with Crippen LogP contribution in [0.3, 0.4) is 0 Å². The molecule has 3 amide bonds. The molecule has 102 valence electrons. The molecule has 0 unspecified atom stereocenters. The Morgan fingerprint density at radius 1 is 1.16 bits per heavy atom. The second-order valence-corrected chi connectivity index (χ2v) is 4.98. The van der Waals surface area contributed by atoms with Gasteiger partial charge in [-0.3, -0.25) is 4.79 Å². The van der Waals surface area contributed by atoms with Crippen molar-refractivity contribution in [2.24, 2.45) is 0 Å². The van der Waals surface area contributed by atoms with Gasteiger partial charge in [0.05, 0.1) is 6.26 Å². The minimum Gasteiger partial charge on any atom is -0.459 e. The third-order valence-electron chi connectivity index (χ3n) is 3.49. The molecule has 0 spiro atoms. The Hall–Kier alpha value is -1.98. The van der Waals surface area contributed by atoms with Crippen molar-refractivity contribution in [1.82, 2.24) is 15.1 Å². The second kappa shape index (κ2) is 4.95. The van der Waals surface area contributed by atoms with Crippen molar-refractivity contribution in [2.45, 2.75) is 18.9 Å². The predicted octanol–water partition coefficient (Wildman–Crippen LogP) is 0.909. The first-order valence-electron chi connectivity index (χ1n) is 6.62. The lowest BCUT2D eigenvalue weighted by atomic mass is 10.3. The summed E-state index contributed by atoms with van der Waals surface area (Å²) >= 11 is 0. The number of hydrogen-bond donors (Lipinski definition) is 1. The fraction of sp³-hybridized carbons (Fsp3) is 0.538. The Morgan fingerprint density at radius 3 is 2.42 bits per heavy atom. The first-order valence-corrected chi connectivity index (χ1v) is 6.62. The standard InChI is InChI=1S/C13H17N3O3/c17-12(11-2-1-9-19-11)15-5-7-16(8-6-15)13(18)14-10-3-4-10/h1-2,9-10H,3-8H2,(H,14,18). The molecule has 19 heavy (non-hydrogen) atoms. The Bertz CT molecular complexity index is 459. The van der Waals surface area contributed by atoms with E-state index in [0.717, 1.165) is 12.8 Å². The summed E-state index contributed by atoms with van der Waals surface area (Å²) in [5.74, 6) is 0.253. The van der Waals surface area contributed by atoms with E-state index in [1.54, 1.807) is 21.9 Å². The van der Waals surface area contributed by atoms with Crippen molar-refractivity contribution >= 4 is 11.9 Å². The number of amides is 3. The molecule has 1 saturated heterocycles. The lowest BCUT2D eigenvalue weighted by Gasteiger charge is -2.34. The van der Waals surface area contributed by atoms with Crippen LogP contribution in [0.25, 0.3) is 0 Å². The molecular formula is C13H17N3O3. The number of rotatable bonds is 2. The minimum absolute atomic E-state index is 0.00685. The van der Waals surface area contributed by atoms with Gasteiger partial charge in [-0.15, -0.1) is 0 Å². The molecule has 2 fully saturated rings. The van der Waals surface area contributed by atoms with E-state index >= 15 is 0 Å². The van der Waals surface area contributed by atoms with Crippen molar-refractivity contribution in [3.63, 3.8) is 0 Å². The summed E-state index contributed by atoms with van der Waals surface area (Å²) in [5, 5.41) is 2.96. The number of carbonyl (C=O) groups excluding carboxylic acids is 2. The zero-order valence-corrected chi connectivity index (χ0v) is 10.7. The largest absolute Gasteiger partial charge is 0.459 e. The van der Waals surface area contributed by atoms with Crippen LogP contribution in [0.1, 0.15) is 23.4 Å². The van der Waals surface area contributed by atoms with Crippen molar-refractivity contribution in [3.05, 3.63) is 24.2 Å². The third-order valence-corrected chi connectivity index (χ3v) is 3.49. The van der Waals surface area contributed by atoms with Gasteiger partial charge < -0.3 is 19.5 Å². The molecule has 2 aliphatic rings. The molecule has 3 rings (SSSR count). The maximum absolute atomic E-state index is 12.0. The van der Waals surface area contributed by atoms with Crippen LogP contribution in [0.5, 0.6) is 0 Å². The summed E-state index contributed by atoms with van der Waals surface area (Å²) in [6, 6.07) is 3.73. The lowest BCUT2D eigenvalue weighted by molar-refractivity contribution is 0.0634. The average Bonchev–Trinajstić information content (AvgIpc) is 3.08. The Kier molecular flexibility index (Phi) is 3.15. The molecule has 0 atom stereocenters. The van der Waals surface area contributed by atoms with Gasteiger partial charge >= 0.3 is 6.03 Å². The van der Waals surface area contributed by atoms with Gasteiger partial charge in [-0.2, -0.15) is 0 Å². The second-order valence-electron chi connectivity index (χ2n) is 4.98. The van der Waals surface area contributed by atoms with Crippen LogP contribution in [0.4, 0.5) is 4.79 Å². The van der Waals surface area contributed by atoms with Crippen LogP contribution in [0.2, 0.25) is 0 Å². The number of piperazine rings is 1. The van der Waals surface area contributed by atoms with Gasteiger partial charge in [-0.05, 0) is 25.0 Å². The molecule has 1 aliphatic heterocycles. The molecule has 1 N–H and O–H groups in total. The summed E-state index contributed by atoms with van der Waals surface area (Å²) in [7, 11) is 0. The highest BCUT2D eigenvalue weighted by atomic mass is 16.3. The van der Waals surface area contributed by atoms with Crippen LogP contribution < -0.4 is 5.32 Å². The van der Waals surface area contributed by atoms with E-state index < -0.39 is 0 Å². The fourth-order valence-electron chi connectivity index (χ4n) is 2.16. The van der Waals surface area contributed by atoms with Crippen molar-refractivity contribution in [1.29, 1.82) is 0 Å². The molecule has 0 bridgehead atoms. The number of nitrogens with zero attached hydrogens (tertiary/aromatic N) is 2. The fourth-order valence-corrected chi connectivity index (χ4v) is 2.16. The van der Waals surface area contributed by atoms with Gasteiger partial charge in [0, 0.05) is 32.2 Å². The molecule has 1 saturated carbocycles. The number of nitrogens with one attached hydrogen (secondary N) is 1. The Labute approximate surface area is 111 Å². The van der Waals surface area contributed by atoms with Crippen molar-refractivity contribution < 1.29 is 14.0 Å². The normalized spacial score (nSPS) is 19.4.